The van der Waals surface area contributed by atoms with E-state index in [-0.39, 0.29) is 11.5 Å². The number of fused-ring (bicyclic) bond motifs is 3. The molecule has 0 spiro atoms. The first kappa shape index (κ1) is 23.0. The molecule has 5 aromatic heterocycles. The largest absolute Gasteiger partial charge is 0.351 e. The normalized spacial score (nSPS) is 21.4. The maximum absolute atomic E-state index is 14.6. The first-order chi connectivity index (χ1) is 19.2. The highest BCUT2D eigenvalue weighted by molar-refractivity contribution is 5.98. The zero-order chi connectivity index (χ0) is 25.9. The first-order valence-corrected chi connectivity index (χ1v) is 14.0. The second-order valence-corrected chi connectivity index (χ2v) is 11.0. The van der Waals surface area contributed by atoms with Crippen LogP contribution in [0.15, 0.2) is 49.1 Å². The lowest BCUT2D eigenvalue weighted by Gasteiger charge is -2.34. The van der Waals surface area contributed by atoms with E-state index in [1.165, 1.54) is 43.7 Å². The number of rotatable bonds is 4. The van der Waals surface area contributed by atoms with Crippen LogP contribution in [-0.4, -0.2) is 55.1 Å². The van der Waals surface area contributed by atoms with Gasteiger partial charge in [-0.05, 0) is 74.4 Å². The molecule has 7 heterocycles. The Kier molecular flexibility index (Phi) is 5.33. The lowest BCUT2D eigenvalue weighted by molar-refractivity contribution is 0.382. The summed E-state index contributed by atoms with van der Waals surface area (Å²) in [6.07, 6.45) is 14.4. The standard InChI is InChI=1S/C30H29FN8/c31-21-6-2-11-34-27(21)23-14-19-18(8-12-35-28(19)36-23)29-37-24-16-32-15-20(17-4-1-5-17)26(24)30(38-29)39-13-9-22-25(39)7-3-10-33-22/h2,6,8,11-12,14-17,22,25,33H,1,3-5,7,9-10,13H2,(H,35,36). The average Bonchev–Trinajstić information content (AvgIpc) is 3.56. The molecule has 0 aromatic carbocycles. The maximum atomic E-state index is 14.6. The van der Waals surface area contributed by atoms with Gasteiger partial charge >= 0.3 is 0 Å². The summed E-state index contributed by atoms with van der Waals surface area (Å²) < 4.78 is 14.6. The SMILES string of the molecule is Fc1cccnc1-c1cc2c(-c3nc(N4CCC5NCCCC54)c4c(C5CCC5)cncc4n3)ccnc2[nH]1. The summed E-state index contributed by atoms with van der Waals surface area (Å²) in [7, 11) is 0. The molecule has 8 nitrogen and oxygen atoms in total. The van der Waals surface area contributed by atoms with Gasteiger partial charge in [-0.15, -0.1) is 0 Å². The van der Waals surface area contributed by atoms with Crippen molar-refractivity contribution in [2.75, 3.05) is 18.0 Å². The van der Waals surface area contributed by atoms with Crippen LogP contribution in [0, 0.1) is 5.82 Å². The summed E-state index contributed by atoms with van der Waals surface area (Å²) in [5.74, 6) is 1.79. The number of nitrogens with one attached hydrogen (secondary N) is 2. The molecule has 3 aliphatic rings. The van der Waals surface area contributed by atoms with E-state index in [1.54, 1.807) is 18.5 Å². The van der Waals surface area contributed by atoms with Gasteiger partial charge in [-0.25, -0.2) is 19.3 Å². The Morgan fingerprint density at radius 3 is 2.79 bits per heavy atom. The van der Waals surface area contributed by atoms with Gasteiger partial charge in [0.15, 0.2) is 11.6 Å². The average molecular weight is 521 g/mol. The van der Waals surface area contributed by atoms with Crippen LogP contribution in [0.3, 0.4) is 0 Å². The van der Waals surface area contributed by atoms with Crippen molar-refractivity contribution in [3.63, 3.8) is 0 Å². The summed E-state index contributed by atoms with van der Waals surface area (Å²) in [6, 6.07) is 7.77. The number of halogens is 1. The predicted octanol–water partition coefficient (Wildman–Crippen LogP) is 5.37. The summed E-state index contributed by atoms with van der Waals surface area (Å²) in [6.45, 7) is 2.06. The van der Waals surface area contributed by atoms with Crippen LogP contribution in [-0.2, 0) is 0 Å². The van der Waals surface area contributed by atoms with Gasteiger partial charge in [-0.1, -0.05) is 6.42 Å². The van der Waals surface area contributed by atoms with Gasteiger partial charge < -0.3 is 15.2 Å². The van der Waals surface area contributed by atoms with Crippen LogP contribution >= 0.6 is 0 Å². The van der Waals surface area contributed by atoms with E-state index < -0.39 is 0 Å². The summed E-state index contributed by atoms with van der Waals surface area (Å²) in [5, 5.41) is 5.73. The molecular weight excluding hydrogens is 491 g/mol. The Labute approximate surface area is 225 Å². The second kappa shape index (κ2) is 9.05. The van der Waals surface area contributed by atoms with Crippen molar-refractivity contribution in [3.8, 4) is 22.8 Å². The van der Waals surface area contributed by atoms with Crippen LogP contribution in [0.1, 0.15) is 50.0 Å². The minimum Gasteiger partial charge on any atom is -0.351 e. The van der Waals surface area contributed by atoms with Crippen LogP contribution in [0.25, 0.3) is 44.7 Å². The van der Waals surface area contributed by atoms with E-state index in [0.29, 0.717) is 35.2 Å². The minimum atomic E-state index is -0.380. The van der Waals surface area contributed by atoms with Crippen molar-refractivity contribution >= 4 is 27.8 Å². The third-order valence-corrected chi connectivity index (χ3v) is 8.85. The monoisotopic (exact) mass is 520 g/mol. The number of hydrogen-bond donors (Lipinski definition) is 2. The number of aromatic nitrogens is 6. The number of pyridine rings is 3. The molecule has 8 rings (SSSR count). The Bertz CT molecular complexity index is 1710. The molecule has 2 unspecified atom stereocenters. The number of anilines is 1. The van der Waals surface area contributed by atoms with Crippen molar-refractivity contribution in [2.24, 2.45) is 0 Å². The fourth-order valence-corrected chi connectivity index (χ4v) is 6.69. The lowest BCUT2D eigenvalue weighted by atomic mass is 9.79. The van der Waals surface area contributed by atoms with Crippen molar-refractivity contribution in [1.82, 2.24) is 35.2 Å². The molecule has 9 heteroatoms. The Morgan fingerprint density at radius 1 is 0.974 bits per heavy atom. The molecule has 2 N–H and O–H groups in total. The zero-order valence-corrected chi connectivity index (χ0v) is 21.6. The summed E-state index contributed by atoms with van der Waals surface area (Å²) in [4.78, 5) is 29.6. The number of hydrogen-bond acceptors (Lipinski definition) is 7. The van der Waals surface area contributed by atoms with E-state index in [2.05, 4.69) is 30.2 Å². The van der Waals surface area contributed by atoms with E-state index >= 15 is 0 Å². The summed E-state index contributed by atoms with van der Waals surface area (Å²) >= 11 is 0. The number of H-pyrrole nitrogens is 1. The molecule has 1 saturated carbocycles. The molecule has 1 aliphatic carbocycles. The Balaban J connectivity index is 1.33. The number of piperidine rings is 1. The van der Waals surface area contributed by atoms with Gasteiger partial charge in [0.1, 0.15) is 17.2 Å². The van der Waals surface area contributed by atoms with Crippen molar-refractivity contribution in [3.05, 3.63) is 60.4 Å². The van der Waals surface area contributed by atoms with Gasteiger partial charge in [-0.2, -0.15) is 0 Å². The molecule has 196 valence electrons. The fourth-order valence-electron chi connectivity index (χ4n) is 6.69. The first-order valence-electron chi connectivity index (χ1n) is 14.0. The van der Waals surface area contributed by atoms with Crippen molar-refractivity contribution in [1.29, 1.82) is 0 Å². The van der Waals surface area contributed by atoms with Gasteiger partial charge in [0.05, 0.1) is 17.4 Å². The van der Waals surface area contributed by atoms with Crippen LogP contribution in [0.4, 0.5) is 10.2 Å². The third kappa shape index (κ3) is 3.71. The Hall–Kier alpha value is -3.98. The molecule has 5 aromatic rings. The zero-order valence-electron chi connectivity index (χ0n) is 21.6. The molecule has 39 heavy (non-hydrogen) atoms. The van der Waals surface area contributed by atoms with Gasteiger partial charge in [0.2, 0.25) is 0 Å². The maximum Gasteiger partial charge on any atom is 0.163 e. The molecule has 2 aliphatic heterocycles. The van der Waals surface area contributed by atoms with E-state index in [0.717, 1.165) is 47.2 Å². The second-order valence-electron chi connectivity index (χ2n) is 11.0. The topological polar surface area (TPSA) is 95.5 Å². The highest BCUT2D eigenvalue weighted by Crippen LogP contribution is 2.44. The van der Waals surface area contributed by atoms with E-state index in [1.807, 2.05) is 24.5 Å². The van der Waals surface area contributed by atoms with E-state index in [4.69, 9.17) is 9.97 Å². The van der Waals surface area contributed by atoms with Crippen LogP contribution in [0.5, 0.6) is 0 Å². The van der Waals surface area contributed by atoms with Gasteiger partial charge in [-0.3, -0.25) is 9.97 Å². The van der Waals surface area contributed by atoms with Gasteiger partial charge in [0, 0.05) is 53.6 Å². The molecule has 0 amide bonds. The quantitative estimate of drug-likeness (QED) is 0.329. The van der Waals surface area contributed by atoms with Crippen LogP contribution in [0.2, 0.25) is 0 Å². The lowest BCUT2D eigenvalue weighted by Crippen LogP contribution is -2.47. The fraction of sp³-hybridized carbons (Fsp3) is 0.367. The molecule has 3 fully saturated rings. The molecular formula is C30H29FN8. The minimum absolute atomic E-state index is 0.267. The van der Waals surface area contributed by atoms with Crippen molar-refractivity contribution < 1.29 is 4.39 Å². The highest BCUT2D eigenvalue weighted by Gasteiger charge is 2.38. The number of aromatic amines is 1. The van der Waals surface area contributed by atoms with Crippen molar-refractivity contribution in [2.45, 2.75) is 56.5 Å². The molecule has 0 bridgehead atoms. The molecule has 2 saturated heterocycles. The molecule has 2 atom stereocenters. The summed E-state index contributed by atoms with van der Waals surface area (Å²) in [5.41, 5.74) is 4.51. The third-order valence-electron chi connectivity index (χ3n) is 8.85. The predicted molar refractivity (Wildman–Crippen MR) is 149 cm³/mol. The van der Waals surface area contributed by atoms with Crippen LogP contribution < -0.4 is 10.2 Å². The molecule has 0 radical (unpaired) electrons. The highest BCUT2D eigenvalue weighted by atomic mass is 19.1. The van der Waals surface area contributed by atoms with Gasteiger partial charge in [0.25, 0.3) is 0 Å². The Morgan fingerprint density at radius 2 is 1.92 bits per heavy atom. The number of nitrogens with zero attached hydrogens (tertiary/aromatic N) is 6. The van der Waals surface area contributed by atoms with E-state index in [9.17, 15) is 4.39 Å². The smallest absolute Gasteiger partial charge is 0.163 e.